The van der Waals surface area contributed by atoms with Gasteiger partial charge in [0.05, 0.1) is 18.8 Å². The van der Waals surface area contributed by atoms with Crippen LogP contribution in [0.5, 0.6) is 5.75 Å². The van der Waals surface area contributed by atoms with Gasteiger partial charge in [0.25, 0.3) is 5.91 Å². The minimum atomic E-state index is -1.22. The molecule has 0 bridgehead atoms. The van der Waals surface area contributed by atoms with Crippen LogP contribution in [0.2, 0.25) is 0 Å². The SMILES string of the molecule is CCN(CC)CCCN1C(=O)C(=O)C(C(=O)c2cc3cccc(OC)c3o2)C1c1ccccn1. The van der Waals surface area contributed by atoms with Crippen molar-refractivity contribution in [3.8, 4) is 5.75 Å². The van der Waals surface area contributed by atoms with Gasteiger partial charge in [0, 0.05) is 18.1 Å². The first-order valence-electron chi connectivity index (χ1n) is 11.6. The van der Waals surface area contributed by atoms with Gasteiger partial charge >= 0.3 is 0 Å². The molecule has 4 rings (SSSR count). The Morgan fingerprint density at radius 2 is 1.94 bits per heavy atom. The molecule has 0 spiro atoms. The van der Waals surface area contributed by atoms with Crippen molar-refractivity contribution in [3.05, 3.63) is 60.1 Å². The first kappa shape index (κ1) is 23.6. The van der Waals surface area contributed by atoms with E-state index in [1.165, 1.54) is 12.0 Å². The van der Waals surface area contributed by atoms with Gasteiger partial charge in [-0.05, 0) is 50.3 Å². The van der Waals surface area contributed by atoms with Crippen LogP contribution in [-0.4, -0.2) is 65.5 Å². The summed E-state index contributed by atoms with van der Waals surface area (Å²) in [6, 6.07) is 11.4. The van der Waals surface area contributed by atoms with Gasteiger partial charge in [-0.3, -0.25) is 19.4 Å². The number of hydrogen-bond donors (Lipinski definition) is 0. The molecule has 3 aromatic rings. The predicted octanol–water partition coefficient (Wildman–Crippen LogP) is 3.52. The molecule has 2 aromatic heterocycles. The van der Waals surface area contributed by atoms with E-state index in [1.807, 2.05) is 0 Å². The highest BCUT2D eigenvalue weighted by Crippen LogP contribution is 2.39. The van der Waals surface area contributed by atoms with Crippen molar-refractivity contribution in [1.29, 1.82) is 0 Å². The van der Waals surface area contributed by atoms with Crippen LogP contribution in [-0.2, 0) is 9.59 Å². The number of ketones is 2. The summed E-state index contributed by atoms with van der Waals surface area (Å²) in [5.74, 6) is -2.61. The molecule has 1 aromatic carbocycles. The molecule has 178 valence electrons. The molecule has 8 nitrogen and oxygen atoms in total. The molecule has 3 heterocycles. The van der Waals surface area contributed by atoms with Crippen LogP contribution in [0, 0.1) is 5.92 Å². The van der Waals surface area contributed by atoms with Crippen molar-refractivity contribution in [2.24, 2.45) is 5.92 Å². The van der Waals surface area contributed by atoms with Crippen molar-refractivity contribution < 1.29 is 23.5 Å². The zero-order valence-corrected chi connectivity index (χ0v) is 19.7. The van der Waals surface area contributed by atoms with E-state index in [0.717, 1.165) is 19.6 Å². The van der Waals surface area contributed by atoms with Crippen LogP contribution in [0.25, 0.3) is 11.0 Å². The lowest BCUT2D eigenvalue weighted by Gasteiger charge is -2.27. The van der Waals surface area contributed by atoms with Crippen molar-refractivity contribution in [2.45, 2.75) is 26.3 Å². The van der Waals surface area contributed by atoms with E-state index in [-0.39, 0.29) is 5.76 Å². The number of pyridine rings is 1. The lowest BCUT2D eigenvalue weighted by molar-refractivity contribution is -0.140. The number of Topliss-reactive ketones (excluding diaryl/α,β-unsaturated/α-hetero) is 2. The van der Waals surface area contributed by atoms with E-state index in [9.17, 15) is 14.4 Å². The molecule has 1 saturated heterocycles. The summed E-state index contributed by atoms with van der Waals surface area (Å²) < 4.78 is 11.2. The standard InChI is InChI=1S/C26H29N3O5/c1-4-28(5-2)14-9-15-29-22(18-11-6-7-13-27-18)21(24(31)26(29)32)23(30)20-16-17-10-8-12-19(33-3)25(17)34-20/h6-8,10-13,16,21-22H,4-5,9,14-15H2,1-3H3. The number of fused-ring (bicyclic) bond motifs is 1. The van der Waals surface area contributed by atoms with Crippen molar-refractivity contribution in [3.63, 3.8) is 0 Å². The molecule has 0 N–H and O–H groups in total. The molecule has 1 aliphatic heterocycles. The fourth-order valence-electron chi connectivity index (χ4n) is 4.58. The maximum atomic E-state index is 13.6. The van der Waals surface area contributed by atoms with Crippen molar-refractivity contribution in [1.82, 2.24) is 14.8 Å². The monoisotopic (exact) mass is 463 g/mol. The summed E-state index contributed by atoms with van der Waals surface area (Å²) in [6.45, 7) is 7.14. The Bertz CT molecular complexity index is 1190. The predicted molar refractivity (Wildman–Crippen MR) is 127 cm³/mol. The lowest BCUT2D eigenvalue weighted by atomic mass is 9.90. The van der Waals surface area contributed by atoms with Gasteiger partial charge in [0.2, 0.25) is 11.6 Å². The number of rotatable bonds is 10. The van der Waals surface area contributed by atoms with E-state index in [0.29, 0.717) is 35.4 Å². The number of hydrogen-bond acceptors (Lipinski definition) is 7. The third-order valence-corrected chi connectivity index (χ3v) is 6.42. The number of carbonyl (C=O) groups excluding carboxylic acids is 3. The lowest BCUT2D eigenvalue weighted by Crippen LogP contribution is -2.34. The second-order valence-electron chi connectivity index (χ2n) is 8.27. The Labute approximate surface area is 198 Å². The largest absolute Gasteiger partial charge is 0.493 e. The van der Waals surface area contributed by atoms with Gasteiger partial charge in [0.1, 0.15) is 5.92 Å². The summed E-state index contributed by atoms with van der Waals surface area (Å²) in [5.41, 5.74) is 0.937. The number of para-hydroxylation sites is 1. The summed E-state index contributed by atoms with van der Waals surface area (Å²) in [5, 5.41) is 0.685. The second kappa shape index (κ2) is 10.2. The second-order valence-corrected chi connectivity index (χ2v) is 8.27. The summed E-state index contributed by atoms with van der Waals surface area (Å²) in [7, 11) is 1.52. The van der Waals surface area contributed by atoms with E-state index in [4.69, 9.17) is 9.15 Å². The highest BCUT2D eigenvalue weighted by atomic mass is 16.5. The molecule has 34 heavy (non-hydrogen) atoms. The van der Waals surface area contributed by atoms with Crippen molar-refractivity contribution >= 4 is 28.4 Å². The fourth-order valence-corrected chi connectivity index (χ4v) is 4.58. The van der Waals surface area contributed by atoms with Gasteiger partial charge in [-0.15, -0.1) is 0 Å². The Morgan fingerprint density at radius 1 is 1.15 bits per heavy atom. The number of carbonyl (C=O) groups is 3. The topological polar surface area (TPSA) is 93.0 Å². The smallest absolute Gasteiger partial charge is 0.291 e. The minimum absolute atomic E-state index is 0.0246. The van der Waals surface area contributed by atoms with Crippen LogP contribution < -0.4 is 4.74 Å². The Balaban J connectivity index is 1.68. The summed E-state index contributed by atoms with van der Waals surface area (Å²) in [6.07, 6.45) is 2.29. The fraction of sp³-hybridized carbons (Fsp3) is 0.385. The zero-order chi connectivity index (χ0) is 24.2. The first-order valence-corrected chi connectivity index (χ1v) is 11.6. The van der Waals surface area contributed by atoms with Crippen LogP contribution in [0.15, 0.2) is 53.1 Å². The third kappa shape index (κ3) is 4.33. The molecular weight excluding hydrogens is 434 g/mol. The summed E-state index contributed by atoms with van der Waals surface area (Å²) in [4.78, 5) is 48.0. The maximum Gasteiger partial charge on any atom is 0.291 e. The van der Waals surface area contributed by atoms with Gasteiger partial charge in [-0.25, -0.2) is 0 Å². The highest BCUT2D eigenvalue weighted by Gasteiger charge is 2.52. The van der Waals surface area contributed by atoms with E-state index in [1.54, 1.807) is 48.7 Å². The number of ether oxygens (including phenoxy) is 1. The highest BCUT2D eigenvalue weighted by molar-refractivity contribution is 6.43. The molecule has 8 heteroatoms. The maximum absolute atomic E-state index is 13.6. The van der Waals surface area contributed by atoms with E-state index >= 15 is 0 Å². The zero-order valence-electron chi connectivity index (χ0n) is 19.7. The number of furan rings is 1. The van der Waals surface area contributed by atoms with Crippen LogP contribution in [0.4, 0.5) is 0 Å². The number of benzene rings is 1. The molecule has 0 radical (unpaired) electrons. The van der Waals surface area contributed by atoms with Crippen LogP contribution >= 0.6 is 0 Å². The molecule has 1 amide bonds. The molecule has 2 atom stereocenters. The Morgan fingerprint density at radius 3 is 2.62 bits per heavy atom. The molecule has 0 saturated carbocycles. The minimum Gasteiger partial charge on any atom is -0.493 e. The molecule has 1 fully saturated rings. The molecule has 1 aliphatic rings. The number of aromatic nitrogens is 1. The van der Waals surface area contributed by atoms with Gasteiger partial charge in [-0.1, -0.05) is 32.0 Å². The molecule has 0 aliphatic carbocycles. The Kier molecular flexibility index (Phi) is 7.07. The number of methoxy groups -OCH3 is 1. The number of nitrogens with zero attached hydrogens (tertiary/aromatic N) is 3. The normalized spacial score (nSPS) is 18.3. The molecular formula is C26H29N3O5. The first-order chi connectivity index (χ1) is 16.5. The Hall–Kier alpha value is -3.52. The summed E-state index contributed by atoms with van der Waals surface area (Å²) >= 11 is 0. The van der Waals surface area contributed by atoms with Crippen molar-refractivity contribution in [2.75, 3.05) is 33.3 Å². The number of likely N-dealkylation sites (tertiary alicyclic amines) is 1. The van der Waals surface area contributed by atoms with Gasteiger partial charge in [0.15, 0.2) is 17.1 Å². The van der Waals surface area contributed by atoms with E-state index in [2.05, 4.69) is 23.7 Å². The van der Waals surface area contributed by atoms with Crippen LogP contribution in [0.1, 0.15) is 42.6 Å². The molecule has 2 unspecified atom stereocenters. The van der Waals surface area contributed by atoms with Gasteiger partial charge < -0.3 is 19.0 Å². The number of amides is 1. The average molecular weight is 464 g/mol. The quantitative estimate of drug-likeness (QED) is 0.258. The third-order valence-electron chi connectivity index (χ3n) is 6.42. The van der Waals surface area contributed by atoms with Gasteiger partial charge in [-0.2, -0.15) is 0 Å². The van der Waals surface area contributed by atoms with E-state index < -0.39 is 29.4 Å². The van der Waals surface area contributed by atoms with Crippen LogP contribution in [0.3, 0.4) is 0 Å². The average Bonchev–Trinajstić information content (AvgIpc) is 3.41.